The molecule has 0 aliphatic carbocycles. The van der Waals surface area contributed by atoms with E-state index in [1.807, 2.05) is 6.92 Å². The van der Waals surface area contributed by atoms with Crippen LogP contribution in [0.1, 0.15) is 19.6 Å². The van der Waals surface area contributed by atoms with E-state index >= 15 is 0 Å². The van der Waals surface area contributed by atoms with E-state index in [4.69, 9.17) is 11.2 Å². The first kappa shape index (κ1) is 15.5. The number of hydrogen-bond donors (Lipinski definition) is 2. The zero-order chi connectivity index (χ0) is 15.6. The molecular weight excluding hydrogens is 276 g/mol. The fourth-order valence-electron chi connectivity index (χ4n) is 2.47. The highest BCUT2D eigenvalue weighted by atomic mass is 16.5. The van der Waals surface area contributed by atoms with Crippen molar-refractivity contribution >= 4 is 0 Å². The van der Waals surface area contributed by atoms with Crippen LogP contribution >= 0.6 is 0 Å². The summed E-state index contributed by atoms with van der Waals surface area (Å²) in [6, 6.07) is 1.26. The number of aromatic nitrogens is 2. The third-order valence-electron chi connectivity index (χ3n) is 3.56. The molecule has 1 saturated heterocycles. The van der Waals surface area contributed by atoms with E-state index in [0.717, 1.165) is 4.57 Å². The molecule has 1 aliphatic heterocycles. The maximum Gasteiger partial charge on any atom is 0.333 e. The maximum atomic E-state index is 12.4. The summed E-state index contributed by atoms with van der Waals surface area (Å²) in [4.78, 5) is 24.1. The molecular formula is C14H18N2O5. The number of aliphatic hydroxyl groups is 2. The van der Waals surface area contributed by atoms with Crippen molar-refractivity contribution in [3.8, 4) is 12.3 Å². The van der Waals surface area contributed by atoms with Crippen molar-refractivity contribution in [2.75, 3.05) is 6.61 Å². The first-order valence-corrected chi connectivity index (χ1v) is 6.77. The van der Waals surface area contributed by atoms with Gasteiger partial charge in [0.1, 0.15) is 12.2 Å². The summed E-state index contributed by atoms with van der Waals surface area (Å²) in [5, 5.41) is 19.2. The summed E-state index contributed by atoms with van der Waals surface area (Å²) in [6.45, 7) is 1.74. The highest BCUT2D eigenvalue weighted by Crippen LogP contribution is 2.33. The van der Waals surface area contributed by atoms with E-state index < -0.39 is 42.2 Å². The Kier molecular flexibility index (Phi) is 4.63. The second kappa shape index (κ2) is 6.26. The molecule has 2 rings (SSSR count). The van der Waals surface area contributed by atoms with E-state index in [9.17, 15) is 19.8 Å². The molecule has 2 N–H and O–H groups in total. The normalized spacial score (nSPS) is 28.5. The minimum absolute atomic E-state index is 0.290. The summed E-state index contributed by atoms with van der Waals surface area (Å²) in [6.07, 6.45) is 4.50. The molecule has 1 aliphatic rings. The zero-order valence-electron chi connectivity index (χ0n) is 11.7. The second-order valence-electron chi connectivity index (χ2n) is 4.93. The van der Waals surface area contributed by atoms with Gasteiger partial charge in [-0.2, -0.15) is 0 Å². The lowest BCUT2D eigenvalue weighted by atomic mass is 10.0. The predicted octanol–water partition coefficient (Wildman–Crippen LogP) is -1.08. The van der Waals surface area contributed by atoms with Gasteiger partial charge in [-0.1, -0.05) is 12.8 Å². The van der Waals surface area contributed by atoms with Crippen LogP contribution in [0.15, 0.2) is 21.9 Å². The molecule has 114 valence electrons. The Balaban J connectivity index is 2.47. The predicted molar refractivity (Wildman–Crippen MR) is 74.6 cm³/mol. The maximum absolute atomic E-state index is 12.4. The topological polar surface area (TPSA) is 93.7 Å². The fraction of sp³-hybridized carbons (Fsp3) is 0.571. The van der Waals surface area contributed by atoms with Gasteiger partial charge in [-0.25, -0.2) is 4.79 Å². The molecule has 1 fully saturated rings. The monoisotopic (exact) mass is 294 g/mol. The molecule has 4 atom stereocenters. The van der Waals surface area contributed by atoms with Gasteiger partial charge < -0.3 is 14.9 Å². The van der Waals surface area contributed by atoms with Gasteiger partial charge in [0.15, 0.2) is 6.23 Å². The quantitative estimate of drug-likeness (QED) is 0.689. The SMILES string of the molecule is C#C[C@H]1[C@H](O)[C@@H](CO)O[C@H]1n1ccc(=O)n(CCC)c1=O. The average Bonchev–Trinajstić information content (AvgIpc) is 2.79. The minimum Gasteiger partial charge on any atom is -0.394 e. The summed E-state index contributed by atoms with van der Waals surface area (Å²) >= 11 is 0. The Morgan fingerprint density at radius 1 is 1.48 bits per heavy atom. The van der Waals surface area contributed by atoms with Gasteiger partial charge in [0.2, 0.25) is 0 Å². The zero-order valence-corrected chi connectivity index (χ0v) is 11.7. The van der Waals surface area contributed by atoms with Gasteiger partial charge in [-0.3, -0.25) is 13.9 Å². The van der Waals surface area contributed by atoms with Crippen LogP contribution in [0.25, 0.3) is 0 Å². The van der Waals surface area contributed by atoms with Gasteiger partial charge in [0, 0.05) is 18.8 Å². The van der Waals surface area contributed by atoms with Crippen LogP contribution < -0.4 is 11.2 Å². The molecule has 0 spiro atoms. The Labute approximate surface area is 121 Å². The molecule has 0 radical (unpaired) electrons. The van der Waals surface area contributed by atoms with E-state index in [-0.39, 0.29) is 6.54 Å². The second-order valence-corrected chi connectivity index (χ2v) is 4.93. The number of ether oxygens (including phenoxy) is 1. The Hall–Kier alpha value is -1.88. The molecule has 0 saturated carbocycles. The van der Waals surface area contributed by atoms with Crippen LogP contribution in [0.2, 0.25) is 0 Å². The summed E-state index contributed by atoms with van der Waals surface area (Å²) in [7, 11) is 0. The first-order chi connectivity index (χ1) is 10.0. The van der Waals surface area contributed by atoms with Crippen molar-refractivity contribution in [1.29, 1.82) is 0 Å². The van der Waals surface area contributed by atoms with Crippen LogP contribution in [0.3, 0.4) is 0 Å². The van der Waals surface area contributed by atoms with Crippen LogP contribution in [0.5, 0.6) is 0 Å². The summed E-state index contributed by atoms with van der Waals surface area (Å²) in [5.41, 5.74) is -0.937. The van der Waals surface area contributed by atoms with Gasteiger partial charge in [0.25, 0.3) is 5.56 Å². The highest BCUT2D eigenvalue weighted by molar-refractivity contribution is 5.06. The lowest BCUT2D eigenvalue weighted by Gasteiger charge is -2.18. The van der Waals surface area contributed by atoms with E-state index in [1.165, 1.54) is 16.8 Å². The number of nitrogens with zero attached hydrogens (tertiary/aromatic N) is 2. The molecule has 1 aromatic rings. The standard InChI is InChI=1S/C14H18N2O5/c1-3-6-15-11(18)5-7-16(14(15)20)13-9(4-2)12(19)10(8-17)21-13/h2,5,7,9-10,12-13,17,19H,3,6,8H2,1H3/t9-,10+,12-,13+/m0/s1. The highest BCUT2D eigenvalue weighted by Gasteiger charge is 2.43. The molecule has 0 unspecified atom stereocenters. The van der Waals surface area contributed by atoms with Gasteiger partial charge >= 0.3 is 5.69 Å². The van der Waals surface area contributed by atoms with Crippen molar-refractivity contribution in [3.63, 3.8) is 0 Å². The number of terminal acetylenes is 1. The van der Waals surface area contributed by atoms with Gasteiger partial charge in [-0.15, -0.1) is 6.42 Å². The van der Waals surface area contributed by atoms with Crippen LogP contribution in [-0.2, 0) is 11.3 Å². The largest absolute Gasteiger partial charge is 0.394 e. The van der Waals surface area contributed by atoms with Crippen LogP contribution in [0, 0.1) is 18.3 Å². The van der Waals surface area contributed by atoms with E-state index in [0.29, 0.717) is 6.42 Å². The Morgan fingerprint density at radius 3 is 2.76 bits per heavy atom. The Morgan fingerprint density at radius 2 is 2.19 bits per heavy atom. The Bertz CT molecular complexity index is 657. The summed E-state index contributed by atoms with van der Waals surface area (Å²) < 4.78 is 7.76. The van der Waals surface area contributed by atoms with E-state index in [1.54, 1.807) is 0 Å². The molecule has 0 aromatic carbocycles. The molecule has 0 amide bonds. The van der Waals surface area contributed by atoms with Crippen molar-refractivity contribution in [2.24, 2.45) is 5.92 Å². The van der Waals surface area contributed by atoms with Crippen LogP contribution in [0.4, 0.5) is 0 Å². The molecule has 21 heavy (non-hydrogen) atoms. The fourth-order valence-corrected chi connectivity index (χ4v) is 2.47. The number of rotatable bonds is 4. The van der Waals surface area contributed by atoms with Gasteiger partial charge in [-0.05, 0) is 6.42 Å². The summed E-state index contributed by atoms with van der Waals surface area (Å²) in [5.74, 6) is 1.62. The average molecular weight is 294 g/mol. The lowest BCUT2D eigenvalue weighted by molar-refractivity contribution is -0.0474. The molecule has 2 heterocycles. The number of hydrogen-bond acceptors (Lipinski definition) is 5. The van der Waals surface area contributed by atoms with Crippen LogP contribution in [-0.4, -0.2) is 38.2 Å². The van der Waals surface area contributed by atoms with Crippen molar-refractivity contribution in [2.45, 2.75) is 38.3 Å². The van der Waals surface area contributed by atoms with Crippen molar-refractivity contribution in [1.82, 2.24) is 9.13 Å². The third-order valence-corrected chi connectivity index (χ3v) is 3.56. The molecule has 7 nitrogen and oxygen atoms in total. The lowest BCUT2D eigenvalue weighted by Crippen LogP contribution is -2.41. The third kappa shape index (κ3) is 2.65. The molecule has 0 bridgehead atoms. The minimum atomic E-state index is -1.07. The van der Waals surface area contributed by atoms with Gasteiger partial charge in [0.05, 0.1) is 12.5 Å². The molecule has 7 heteroatoms. The van der Waals surface area contributed by atoms with Crippen molar-refractivity contribution < 1.29 is 14.9 Å². The van der Waals surface area contributed by atoms with Crippen molar-refractivity contribution in [3.05, 3.63) is 33.1 Å². The smallest absolute Gasteiger partial charge is 0.333 e. The van der Waals surface area contributed by atoms with E-state index in [2.05, 4.69) is 5.92 Å². The first-order valence-electron chi connectivity index (χ1n) is 6.77. The number of aliphatic hydroxyl groups excluding tert-OH is 2. The molecule has 1 aromatic heterocycles.